The lowest BCUT2D eigenvalue weighted by molar-refractivity contribution is -0.129. The zero-order valence-electron chi connectivity index (χ0n) is 16.1. The van der Waals surface area contributed by atoms with Gasteiger partial charge in [-0.25, -0.2) is 0 Å². The number of hydrogen-bond acceptors (Lipinski definition) is 5. The smallest absolute Gasteiger partial charge is 0.225 e. The summed E-state index contributed by atoms with van der Waals surface area (Å²) in [6, 6.07) is 9.81. The minimum Gasteiger partial charge on any atom is -0.356 e. The first-order valence-corrected chi connectivity index (χ1v) is 9.15. The summed E-state index contributed by atoms with van der Waals surface area (Å²) in [4.78, 5) is 28.2. The van der Waals surface area contributed by atoms with Crippen LogP contribution >= 0.6 is 0 Å². The van der Waals surface area contributed by atoms with Gasteiger partial charge in [-0.1, -0.05) is 35.0 Å². The molecule has 0 bridgehead atoms. The molecular formula is C20H26N4O3. The number of nitrogens with zero attached hydrogens (tertiary/aromatic N) is 3. The van der Waals surface area contributed by atoms with Crippen LogP contribution in [-0.4, -0.2) is 60.5 Å². The molecule has 1 aromatic heterocycles. The van der Waals surface area contributed by atoms with Crippen LogP contribution in [0.4, 0.5) is 0 Å². The minimum absolute atomic E-state index is 0.0418. The Morgan fingerprint density at radius 3 is 2.78 bits per heavy atom. The molecule has 7 nitrogen and oxygen atoms in total. The molecule has 1 aliphatic rings. The van der Waals surface area contributed by atoms with Crippen molar-refractivity contribution in [1.29, 1.82) is 0 Å². The molecule has 27 heavy (non-hydrogen) atoms. The van der Waals surface area contributed by atoms with Crippen molar-refractivity contribution in [1.82, 2.24) is 20.3 Å². The summed E-state index contributed by atoms with van der Waals surface area (Å²) >= 11 is 0. The second-order valence-corrected chi connectivity index (χ2v) is 7.31. The maximum atomic E-state index is 12.4. The molecule has 2 amide bonds. The van der Waals surface area contributed by atoms with Gasteiger partial charge in [0.1, 0.15) is 5.69 Å². The van der Waals surface area contributed by atoms with E-state index in [1.807, 2.05) is 56.3 Å². The molecule has 1 aromatic carbocycles. The number of carbonyl (C=O) groups excluding carboxylic acids is 2. The van der Waals surface area contributed by atoms with Gasteiger partial charge in [0.15, 0.2) is 5.76 Å². The molecule has 2 heterocycles. The predicted molar refractivity (Wildman–Crippen MR) is 102 cm³/mol. The molecule has 1 saturated heterocycles. The maximum absolute atomic E-state index is 12.4. The predicted octanol–water partition coefficient (Wildman–Crippen LogP) is 1.68. The normalized spacial score (nSPS) is 17.0. The SMILES string of the molecule is Cc1ccc(-c2cc(CNC(=O)[C@@H]3CC(=O)N(CCN(C)C)C3)no2)cc1. The van der Waals surface area contributed by atoms with Gasteiger partial charge >= 0.3 is 0 Å². The fraction of sp³-hybridized carbons (Fsp3) is 0.450. The van der Waals surface area contributed by atoms with Gasteiger partial charge in [-0.05, 0) is 21.0 Å². The first-order chi connectivity index (χ1) is 12.9. The summed E-state index contributed by atoms with van der Waals surface area (Å²) in [5.41, 5.74) is 2.79. The van der Waals surface area contributed by atoms with Crippen LogP contribution in [0.3, 0.4) is 0 Å². The third kappa shape index (κ3) is 4.95. The van der Waals surface area contributed by atoms with Crippen molar-refractivity contribution < 1.29 is 14.1 Å². The van der Waals surface area contributed by atoms with E-state index in [1.54, 1.807) is 4.90 Å². The lowest BCUT2D eigenvalue weighted by Gasteiger charge is -2.19. The van der Waals surface area contributed by atoms with Crippen LogP contribution in [0.5, 0.6) is 0 Å². The quantitative estimate of drug-likeness (QED) is 0.802. The monoisotopic (exact) mass is 370 g/mol. The number of carbonyl (C=O) groups is 2. The van der Waals surface area contributed by atoms with E-state index in [-0.39, 0.29) is 30.7 Å². The molecular weight excluding hydrogens is 344 g/mol. The summed E-state index contributed by atoms with van der Waals surface area (Å²) < 4.78 is 5.37. The molecule has 1 atom stereocenters. The van der Waals surface area contributed by atoms with Gasteiger partial charge in [-0.2, -0.15) is 0 Å². The summed E-state index contributed by atoms with van der Waals surface area (Å²) in [6.07, 6.45) is 0.271. The highest BCUT2D eigenvalue weighted by Gasteiger charge is 2.33. The summed E-state index contributed by atoms with van der Waals surface area (Å²) in [7, 11) is 3.93. The van der Waals surface area contributed by atoms with Gasteiger partial charge in [-0.15, -0.1) is 0 Å². The van der Waals surface area contributed by atoms with Gasteiger partial charge in [0.05, 0.1) is 12.5 Å². The molecule has 3 rings (SSSR count). The van der Waals surface area contributed by atoms with E-state index in [0.717, 1.165) is 12.1 Å². The highest BCUT2D eigenvalue weighted by molar-refractivity contribution is 5.89. The molecule has 1 aliphatic heterocycles. The van der Waals surface area contributed by atoms with E-state index in [9.17, 15) is 9.59 Å². The van der Waals surface area contributed by atoms with E-state index in [0.29, 0.717) is 24.5 Å². The number of aryl methyl sites for hydroxylation is 1. The lowest BCUT2D eigenvalue weighted by atomic mass is 10.1. The van der Waals surface area contributed by atoms with Gasteiger partial charge in [0.2, 0.25) is 11.8 Å². The summed E-state index contributed by atoms with van der Waals surface area (Å²) in [6.45, 7) is 4.24. The van der Waals surface area contributed by atoms with Crippen molar-refractivity contribution in [3.63, 3.8) is 0 Å². The van der Waals surface area contributed by atoms with Crippen LogP contribution in [0.15, 0.2) is 34.9 Å². The fourth-order valence-corrected chi connectivity index (χ4v) is 3.06. The number of benzene rings is 1. The standard InChI is InChI=1S/C20H26N4O3/c1-14-4-6-15(7-5-14)18-11-17(22-27-18)12-21-20(26)16-10-19(25)24(13-16)9-8-23(2)3/h4-7,11,16H,8-10,12-13H2,1-3H3,(H,21,26)/t16-/m1/s1. The molecule has 0 spiro atoms. The van der Waals surface area contributed by atoms with Crippen LogP contribution in [-0.2, 0) is 16.1 Å². The number of hydrogen-bond donors (Lipinski definition) is 1. The largest absolute Gasteiger partial charge is 0.356 e. The number of nitrogens with one attached hydrogen (secondary N) is 1. The van der Waals surface area contributed by atoms with E-state index < -0.39 is 0 Å². The Morgan fingerprint density at radius 1 is 1.33 bits per heavy atom. The van der Waals surface area contributed by atoms with Crippen LogP contribution in [0.2, 0.25) is 0 Å². The Morgan fingerprint density at radius 2 is 2.07 bits per heavy atom. The Bertz CT molecular complexity index is 798. The zero-order chi connectivity index (χ0) is 19.4. The third-order valence-electron chi connectivity index (χ3n) is 4.74. The zero-order valence-corrected chi connectivity index (χ0v) is 16.1. The van der Waals surface area contributed by atoms with E-state index in [1.165, 1.54) is 5.56 Å². The molecule has 7 heteroatoms. The second kappa shape index (κ2) is 8.35. The van der Waals surface area contributed by atoms with Crippen LogP contribution in [0.1, 0.15) is 17.7 Å². The van der Waals surface area contributed by atoms with Crippen molar-refractivity contribution in [3.05, 3.63) is 41.6 Å². The van der Waals surface area contributed by atoms with Gasteiger partial charge in [-0.3, -0.25) is 9.59 Å². The average molecular weight is 370 g/mol. The topological polar surface area (TPSA) is 78.7 Å². The van der Waals surface area contributed by atoms with Gasteiger partial charge < -0.3 is 19.6 Å². The van der Waals surface area contributed by atoms with E-state index >= 15 is 0 Å². The van der Waals surface area contributed by atoms with E-state index in [2.05, 4.69) is 10.5 Å². The highest BCUT2D eigenvalue weighted by Crippen LogP contribution is 2.21. The van der Waals surface area contributed by atoms with Crippen molar-refractivity contribution in [2.75, 3.05) is 33.7 Å². The maximum Gasteiger partial charge on any atom is 0.225 e. The minimum atomic E-state index is -0.303. The van der Waals surface area contributed by atoms with Crippen molar-refractivity contribution in [2.45, 2.75) is 19.9 Å². The second-order valence-electron chi connectivity index (χ2n) is 7.31. The van der Waals surface area contributed by atoms with Gasteiger partial charge in [0, 0.05) is 37.7 Å². The van der Waals surface area contributed by atoms with Crippen molar-refractivity contribution in [3.8, 4) is 11.3 Å². The molecule has 0 aliphatic carbocycles. The van der Waals surface area contributed by atoms with E-state index in [4.69, 9.17) is 4.52 Å². The Kier molecular flexibility index (Phi) is 5.91. The van der Waals surface area contributed by atoms with Crippen molar-refractivity contribution >= 4 is 11.8 Å². The van der Waals surface area contributed by atoms with Crippen LogP contribution < -0.4 is 5.32 Å². The average Bonchev–Trinajstić information content (AvgIpc) is 3.25. The lowest BCUT2D eigenvalue weighted by Crippen LogP contribution is -2.35. The first-order valence-electron chi connectivity index (χ1n) is 9.15. The number of aromatic nitrogens is 1. The summed E-state index contributed by atoms with van der Waals surface area (Å²) in [5, 5.41) is 6.89. The molecule has 144 valence electrons. The number of likely N-dealkylation sites (N-methyl/N-ethyl adjacent to an activating group) is 1. The Labute approximate surface area is 159 Å². The third-order valence-corrected chi connectivity index (χ3v) is 4.74. The van der Waals surface area contributed by atoms with Crippen LogP contribution in [0, 0.1) is 12.8 Å². The van der Waals surface area contributed by atoms with Crippen molar-refractivity contribution in [2.24, 2.45) is 5.92 Å². The fourth-order valence-electron chi connectivity index (χ4n) is 3.06. The van der Waals surface area contributed by atoms with Crippen LogP contribution in [0.25, 0.3) is 11.3 Å². The summed E-state index contributed by atoms with van der Waals surface area (Å²) in [5.74, 6) is 0.295. The Hall–Kier alpha value is -2.67. The molecule has 0 unspecified atom stereocenters. The highest BCUT2D eigenvalue weighted by atomic mass is 16.5. The first kappa shape index (κ1) is 19.1. The molecule has 1 N–H and O–H groups in total. The van der Waals surface area contributed by atoms with Gasteiger partial charge in [0.25, 0.3) is 0 Å². The number of amides is 2. The molecule has 1 fully saturated rings. The number of likely N-dealkylation sites (tertiary alicyclic amines) is 1. The Balaban J connectivity index is 1.51. The molecule has 0 saturated carbocycles. The number of rotatable bonds is 7. The molecule has 0 radical (unpaired) electrons. The molecule has 2 aromatic rings.